The maximum atomic E-state index is 11.9. The second kappa shape index (κ2) is 3.77. The van der Waals surface area contributed by atoms with E-state index < -0.39 is 0 Å². The molecule has 1 unspecified atom stereocenters. The van der Waals surface area contributed by atoms with Gasteiger partial charge in [0.15, 0.2) is 11.9 Å². The number of Topliss-reactive ketones (excluding diaryl/α,β-unsaturated/α-hetero) is 1. The van der Waals surface area contributed by atoms with Crippen LogP contribution in [0.3, 0.4) is 0 Å². The average Bonchev–Trinajstić information content (AvgIpc) is 2.95. The van der Waals surface area contributed by atoms with Crippen LogP contribution in [0.25, 0.3) is 0 Å². The minimum Gasteiger partial charge on any atom is -0.482 e. The zero-order valence-corrected chi connectivity index (χ0v) is 9.67. The summed E-state index contributed by atoms with van der Waals surface area (Å²) >= 11 is 5.90. The van der Waals surface area contributed by atoms with Crippen molar-refractivity contribution in [2.24, 2.45) is 5.92 Å². The molecule has 2 aliphatic rings. The average molecular weight is 237 g/mol. The lowest BCUT2D eigenvalue weighted by atomic mass is 10.0. The first-order valence-corrected chi connectivity index (χ1v) is 6.08. The largest absolute Gasteiger partial charge is 0.482 e. The van der Waals surface area contributed by atoms with Gasteiger partial charge < -0.3 is 4.74 Å². The second-order valence-corrected chi connectivity index (χ2v) is 5.11. The summed E-state index contributed by atoms with van der Waals surface area (Å²) in [6, 6.07) is 5.54. The Morgan fingerprint density at radius 3 is 3.00 bits per heavy atom. The topological polar surface area (TPSA) is 26.3 Å². The van der Waals surface area contributed by atoms with Crippen LogP contribution in [-0.4, -0.2) is 11.9 Å². The lowest BCUT2D eigenvalue weighted by Gasteiger charge is -2.08. The summed E-state index contributed by atoms with van der Waals surface area (Å²) in [4.78, 5) is 11.9. The van der Waals surface area contributed by atoms with Gasteiger partial charge in [-0.3, -0.25) is 4.79 Å². The van der Waals surface area contributed by atoms with Gasteiger partial charge in [0.2, 0.25) is 0 Å². The van der Waals surface area contributed by atoms with Gasteiger partial charge in [-0.2, -0.15) is 0 Å². The molecule has 1 aliphatic carbocycles. The maximum Gasteiger partial charge on any atom is 0.173 e. The third-order valence-electron chi connectivity index (χ3n) is 3.24. The Labute approximate surface area is 99.6 Å². The number of carbonyl (C=O) groups is 1. The molecule has 84 valence electrons. The van der Waals surface area contributed by atoms with E-state index in [9.17, 15) is 4.79 Å². The molecule has 0 saturated heterocycles. The highest BCUT2D eigenvalue weighted by Crippen LogP contribution is 2.36. The van der Waals surface area contributed by atoms with Gasteiger partial charge in [0.25, 0.3) is 0 Å². The Balaban J connectivity index is 1.71. The zero-order valence-electron chi connectivity index (χ0n) is 8.91. The van der Waals surface area contributed by atoms with Gasteiger partial charge in [-0.25, -0.2) is 0 Å². The molecule has 0 radical (unpaired) electrons. The van der Waals surface area contributed by atoms with Crippen molar-refractivity contribution < 1.29 is 9.53 Å². The van der Waals surface area contributed by atoms with Gasteiger partial charge in [-0.1, -0.05) is 11.6 Å². The predicted octanol–water partition coefficient (Wildman–Crippen LogP) is 3.01. The molecule has 3 rings (SSSR count). The molecule has 0 aromatic heterocycles. The smallest absolute Gasteiger partial charge is 0.173 e. The van der Waals surface area contributed by atoms with Crippen LogP contribution in [0.2, 0.25) is 5.02 Å². The van der Waals surface area contributed by atoms with Gasteiger partial charge in [0, 0.05) is 17.9 Å². The van der Waals surface area contributed by atoms with E-state index in [2.05, 4.69) is 0 Å². The van der Waals surface area contributed by atoms with Crippen LogP contribution in [0.1, 0.15) is 24.8 Å². The number of ketones is 1. The fraction of sp³-hybridized carbons (Fsp3) is 0.462. The van der Waals surface area contributed by atoms with Crippen LogP contribution in [0, 0.1) is 5.92 Å². The fourth-order valence-corrected chi connectivity index (χ4v) is 2.33. The van der Waals surface area contributed by atoms with E-state index in [1.807, 2.05) is 12.1 Å². The van der Waals surface area contributed by atoms with Crippen molar-refractivity contribution in [1.82, 2.24) is 0 Å². The molecule has 1 aromatic carbocycles. The van der Waals surface area contributed by atoms with Crippen molar-refractivity contribution in [3.05, 3.63) is 28.8 Å². The number of hydrogen-bond donors (Lipinski definition) is 0. The number of fused-ring (bicyclic) bond motifs is 1. The highest BCUT2D eigenvalue weighted by Gasteiger charge is 2.33. The van der Waals surface area contributed by atoms with Crippen molar-refractivity contribution in [2.45, 2.75) is 31.8 Å². The van der Waals surface area contributed by atoms with Crippen molar-refractivity contribution in [2.75, 3.05) is 0 Å². The molecule has 2 nitrogen and oxygen atoms in total. The summed E-state index contributed by atoms with van der Waals surface area (Å²) in [5.41, 5.74) is 1.06. The Morgan fingerprint density at radius 2 is 2.25 bits per heavy atom. The van der Waals surface area contributed by atoms with Gasteiger partial charge in [0.05, 0.1) is 0 Å². The number of halogens is 1. The summed E-state index contributed by atoms with van der Waals surface area (Å²) < 4.78 is 5.64. The third-order valence-corrected chi connectivity index (χ3v) is 3.48. The Morgan fingerprint density at radius 1 is 1.44 bits per heavy atom. The minimum absolute atomic E-state index is 0.245. The molecule has 1 atom stereocenters. The number of rotatable bonds is 3. The van der Waals surface area contributed by atoms with Crippen molar-refractivity contribution in [3.63, 3.8) is 0 Å². The van der Waals surface area contributed by atoms with Crippen LogP contribution < -0.4 is 4.74 Å². The maximum absolute atomic E-state index is 11.9. The van der Waals surface area contributed by atoms with Crippen LogP contribution in [0.15, 0.2) is 18.2 Å². The molecule has 1 aromatic rings. The molecule has 16 heavy (non-hydrogen) atoms. The minimum atomic E-state index is -0.269. The van der Waals surface area contributed by atoms with E-state index in [1.54, 1.807) is 6.07 Å². The SMILES string of the molecule is O=C(CC1CC1)C1Cc2cc(Cl)ccc2O1. The molecule has 0 bridgehead atoms. The highest BCUT2D eigenvalue weighted by atomic mass is 35.5. The molecular weight excluding hydrogens is 224 g/mol. The summed E-state index contributed by atoms with van der Waals surface area (Å²) in [7, 11) is 0. The molecule has 3 heteroatoms. The Bertz CT molecular complexity index is 438. The van der Waals surface area contributed by atoms with E-state index in [4.69, 9.17) is 16.3 Å². The first kappa shape index (κ1) is 10.2. The molecule has 1 aliphatic heterocycles. The molecular formula is C13H13ClO2. The molecule has 1 fully saturated rings. The monoisotopic (exact) mass is 236 g/mol. The van der Waals surface area contributed by atoms with Gasteiger partial charge >= 0.3 is 0 Å². The van der Waals surface area contributed by atoms with Crippen molar-refractivity contribution >= 4 is 17.4 Å². The van der Waals surface area contributed by atoms with Crippen LogP contribution >= 0.6 is 11.6 Å². The Kier molecular flexibility index (Phi) is 2.40. The zero-order chi connectivity index (χ0) is 11.1. The summed E-state index contributed by atoms with van der Waals surface area (Å²) in [6.45, 7) is 0. The number of hydrogen-bond acceptors (Lipinski definition) is 2. The van der Waals surface area contributed by atoms with Crippen LogP contribution in [0.5, 0.6) is 5.75 Å². The lowest BCUT2D eigenvalue weighted by molar-refractivity contribution is -0.125. The van der Waals surface area contributed by atoms with E-state index in [0.29, 0.717) is 23.8 Å². The van der Waals surface area contributed by atoms with E-state index in [1.165, 1.54) is 12.8 Å². The quantitative estimate of drug-likeness (QED) is 0.807. The molecule has 0 N–H and O–H groups in total. The first-order chi connectivity index (χ1) is 7.72. The van der Waals surface area contributed by atoms with Crippen LogP contribution in [-0.2, 0) is 11.2 Å². The number of benzene rings is 1. The predicted molar refractivity (Wildman–Crippen MR) is 61.9 cm³/mol. The van der Waals surface area contributed by atoms with Crippen molar-refractivity contribution in [1.29, 1.82) is 0 Å². The van der Waals surface area contributed by atoms with E-state index in [-0.39, 0.29) is 11.9 Å². The number of carbonyl (C=O) groups excluding carboxylic acids is 1. The van der Waals surface area contributed by atoms with E-state index >= 15 is 0 Å². The summed E-state index contributed by atoms with van der Waals surface area (Å²) in [6.07, 6.45) is 3.51. The second-order valence-electron chi connectivity index (χ2n) is 4.68. The molecule has 1 saturated carbocycles. The highest BCUT2D eigenvalue weighted by molar-refractivity contribution is 6.30. The molecule has 0 amide bonds. The van der Waals surface area contributed by atoms with Crippen molar-refractivity contribution in [3.8, 4) is 5.75 Å². The molecule has 1 heterocycles. The van der Waals surface area contributed by atoms with E-state index in [0.717, 1.165) is 11.3 Å². The number of ether oxygens (including phenoxy) is 1. The standard InChI is InChI=1S/C13H13ClO2/c14-10-3-4-12-9(6-10)7-13(16-12)11(15)5-8-1-2-8/h3-4,6,8,13H,1-2,5,7H2. The Hall–Kier alpha value is -1.02. The van der Waals surface area contributed by atoms with Gasteiger partial charge in [0.1, 0.15) is 5.75 Å². The van der Waals surface area contributed by atoms with Gasteiger partial charge in [-0.05, 0) is 42.5 Å². The van der Waals surface area contributed by atoms with Gasteiger partial charge in [-0.15, -0.1) is 0 Å². The molecule has 0 spiro atoms. The fourth-order valence-electron chi connectivity index (χ4n) is 2.13. The third kappa shape index (κ3) is 1.94. The first-order valence-electron chi connectivity index (χ1n) is 5.70. The summed E-state index contributed by atoms with van der Waals surface area (Å²) in [5, 5.41) is 0.706. The lowest BCUT2D eigenvalue weighted by Crippen LogP contribution is -2.25. The normalized spacial score (nSPS) is 22.7. The van der Waals surface area contributed by atoms with Crippen LogP contribution in [0.4, 0.5) is 0 Å². The summed E-state index contributed by atoms with van der Waals surface area (Å²) in [5.74, 6) is 1.69.